The van der Waals surface area contributed by atoms with Crippen LogP contribution in [0.5, 0.6) is 5.75 Å². The maximum atomic E-state index is 9.20. The molecule has 0 aliphatic heterocycles. The van der Waals surface area contributed by atoms with Gasteiger partial charge in [-0.25, -0.2) is 0 Å². The smallest absolute Gasteiger partial charge is 0.115 e. The zero-order valence-electron chi connectivity index (χ0n) is 8.86. The fraction of sp³-hybridized carbons (Fsp3) is 0.154. The van der Waals surface area contributed by atoms with Crippen LogP contribution in [0, 0.1) is 13.8 Å². The van der Waals surface area contributed by atoms with Crippen molar-refractivity contribution in [3.8, 4) is 17.0 Å². The molecule has 0 saturated carbocycles. The van der Waals surface area contributed by atoms with Gasteiger partial charge >= 0.3 is 0 Å². The van der Waals surface area contributed by atoms with Gasteiger partial charge in [-0.2, -0.15) is 0 Å². The van der Waals surface area contributed by atoms with E-state index in [1.807, 2.05) is 32.2 Å². The fourth-order valence-electron chi connectivity index (χ4n) is 1.64. The molecule has 2 heteroatoms. The quantitative estimate of drug-likeness (QED) is 0.765. The number of phenolic OH excluding ortho intramolecular Hbond substituents is 1. The Hall–Kier alpha value is -1.83. The van der Waals surface area contributed by atoms with E-state index in [1.54, 1.807) is 12.1 Å². The van der Waals surface area contributed by atoms with Gasteiger partial charge in [0.15, 0.2) is 0 Å². The zero-order chi connectivity index (χ0) is 10.8. The summed E-state index contributed by atoms with van der Waals surface area (Å²) >= 11 is 0. The monoisotopic (exact) mass is 199 g/mol. The van der Waals surface area contributed by atoms with Crippen molar-refractivity contribution in [1.29, 1.82) is 0 Å². The first-order valence-corrected chi connectivity index (χ1v) is 4.89. The number of hydrogen-bond acceptors (Lipinski definition) is 2. The lowest BCUT2D eigenvalue weighted by molar-refractivity contribution is 0.475. The highest BCUT2D eigenvalue weighted by Crippen LogP contribution is 2.23. The van der Waals surface area contributed by atoms with Gasteiger partial charge in [-0.1, -0.05) is 6.07 Å². The minimum atomic E-state index is 0.281. The molecule has 0 aliphatic carbocycles. The number of aromatic hydroxyl groups is 1. The van der Waals surface area contributed by atoms with Gasteiger partial charge in [-0.15, -0.1) is 0 Å². The average molecular weight is 199 g/mol. The molecule has 0 aliphatic rings. The van der Waals surface area contributed by atoms with Gasteiger partial charge in [0.2, 0.25) is 0 Å². The topological polar surface area (TPSA) is 33.1 Å². The van der Waals surface area contributed by atoms with E-state index in [-0.39, 0.29) is 5.75 Å². The van der Waals surface area contributed by atoms with E-state index in [2.05, 4.69) is 11.1 Å². The van der Waals surface area contributed by atoms with E-state index >= 15 is 0 Å². The largest absolute Gasteiger partial charge is 0.508 e. The van der Waals surface area contributed by atoms with Crippen LogP contribution in [0.1, 0.15) is 11.1 Å². The summed E-state index contributed by atoms with van der Waals surface area (Å²) in [4.78, 5) is 4.40. The molecule has 1 aromatic carbocycles. The minimum Gasteiger partial charge on any atom is -0.508 e. The molecule has 0 saturated heterocycles. The highest BCUT2D eigenvalue weighted by Gasteiger charge is 2.03. The molecule has 0 radical (unpaired) electrons. The highest BCUT2D eigenvalue weighted by molar-refractivity contribution is 5.63. The molecule has 15 heavy (non-hydrogen) atoms. The summed E-state index contributed by atoms with van der Waals surface area (Å²) in [6.45, 7) is 4.07. The molecule has 1 aromatic heterocycles. The lowest BCUT2D eigenvalue weighted by Gasteiger charge is -2.05. The van der Waals surface area contributed by atoms with Gasteiger partial charge in [0.1, 0.15) is 5.75 Å². The minimum absolute atomic E-state index is 0.281. The van der Waals surface area contributed by atoms with Crippen molar-refractivity contribution in [2.24, 2.45) is 0 Å². The van der Waals surface area contributed by atoms with Crippen LogP contribution in [0.2, 0.25) is 0 Å². The first-order valence-electron chi connectivity index (χ1n) is 4.89. The van der Waals surface area contributed by atoms with Gasteiger partial charge in [0.25, 0.3) is 0 Å². The Balaban J connectivity index is 2.49. The van der Waals surface area contributed by atoms with E-state index < -0.39 is 0 Å². The Morgan fingerprint density at radius 1 is 1.07 bits per heavy atom. The summed E-state index contributed by atoms with van der Waals surface area (Å²) in [7, 11) is 0. The Labute approximate surface area is 89.2 Å². The SMILES string of the molecule is Cc1cnc(-c2ccc(O)cc2)c(C)c1. The first-order chi connectivity index (χ1) is 7.16. The van der Waals surface area contributed by atoms with Crippen molar-refractivity contribution in [2.75, 3.05) is 0 Å². The molecule has 0 atom stereocenters. The number of rotatable bonds is 1. The highest BCUT2D eigenvalue weighted by atomic mass is 16.3. The number of nitrogens with zero attached hydrogens (tertiary/aromatic N) is 1. The predicted octanol–water partition coefficient (Wildman–Crippen LogP) is 3.07. The Morgan fingerprint density at radius 3 is 2.33 bits per heavy atom. The molecule has 2 rings (SSSR count). The molecule has 0 amide bonds. The van der Waals surface area contributed by atoms with Crippen LogP contribution in [0.3, 0.4) is 0 Å². The lowest BCUT2D eigenvalue weighted by atomic mass is 10.1. The van der Waals surface area contributed by atoms with Crippen molar-refractivity contribution in [1.82, 2.24) is 4.98 Å². The van der Waals surface area contributed by atoms with Gasteiger partial charge in [-0.3, -0.25) is 4.98 Å². The van der Waals surface area contributed by atoms with E-state index in [9.17, 15) is 5.11 Å². The Kier molecular flexibility index (Phi) is 2.42. The van der Waals surface area contributed by atoms with E-state index in [0.717, 1.165) is 22.4 Å². The van der Waals surface area contributed by atoms with E-state index in [4.69, 9.17) is 0 Å². The molecule has 0 fully saturated rings. The molecule has 0 bridgehead atoms. The summed E-state index contributed by atoms with van der Waals surface area (Å²) in [6.07, 6.45) is 1.86. The van der Waals surface area contributed by atoms with Gasteiger partial charge in [0, 0.05) is 11.8 Å². The zero-order valence-corrected chi connectivity index (χ0v) is 8.86. The molecule has 0 unspecified atom stereocenters. The van der Waals surface area contributed by atoms with E-state index in [0.29, 0.717) is 0 Å². The lowest BCUT2D eigenvalue weighted by Crippen LogP contribution is -1.88. The number of aryl methyl sites for hydroxylation is 2. The van der Waals surface area contributed by atoms with Crippen LogP contribution in [0.15, 0.2) is 36.5 Å². The molecular weight excluding hydrogens is 186 g/mol. The third-order valence-electron chi connectivity index (χ3n) is 2.36. The molecule has 0 spiro atoms. The summed E-state index contributed by atoms with van der Waals surface area (Å²) in [5.41, 5.74) is 4.32. The first kappa shape index (κ1) is 9.71. The number of benzene rings is 1. The standard InChI is InChI=1S/C13H13NO/c1-9-7-10(2)13(14-8-9)11-3-5-12(15)6-4-11/h3-8,15H,1-2H3. The van der Waals surface area contributed by atoms with E-state index in [1.165, 1.54) is 0 Å². The predicted molar refractivity (Wildman–Crippen MR) is 60.8 cm³/mol. The molecule has 76 valence electrons. The van der Waals surface area contributed by atoms with Crippen molar-refractivity contribution < 1.29 is 5.11 Å². The van der Waals surface area contributed by atoms with Crippen LogP contribution >= 0.6 is 0 Å². The Morgan fingerprint density at radius 2 is 1.73 bits per heavy atom. The number of aromatic nitrogens is 1. The number of phenols is 1. The van der Waals surface area contributed by atoms with Crippen molar-refractivity contribution in [3.05, 3.63) is 47.7 Å². The van der Waals surface area contributed by atoms with Crippen molar-refractivity contribution >= 4 is 0 Å². The summed E-state index contributed by atoms with van der Waals surface area (Å²) in [5.74, 6) is 0.281. The maximum absolute atomic E-state index is 9.20. The molecule has 2 nitrogen and oxygen atoms in total. The maximum Gasteiger partial charge on any atom is 0.115 e. The molecular formula is C13H13NO. The van der Waals surface area contributed by atoms with Crippen LogP contribution in [-0.4, -0.2) is 10.1 Å². The van der Waals surface area contributed by atoms with Crippen LogP contribution in [0.25, 0.3) is 11.3 Å². The Bertz CT molecular complexity index is 474. The third kappa shape index (κ3) is 1.99. The van der Waals surface area contributed by atoms with Crippen molar-refractivity contribution in [2.45, 2.75) is 13.8 Å². The number of pyridine rings is 1. The summed E-state index contributed by atoms with van der Waals surface area (Å²) < 4.78 is 0. The fourth-order valence-corrected chi connectivity index (χ4v) is 1.64. The molecule has 1 heterocycles. The average Bonchev–Trinajstić information content (AvgIpc) is 2.20. The van der Waals surface area contributed by atoms with Crippen LogP contribution in [-0.2, 0) is 0 Å². The normalized spacial score (nSPS) is 10.3. The van der Waals surface area contributed by atoms with Gasteiger partial charge < -0.3 is 5.11 Å². The second-order valence-corrected chi connectivity index (χ2v) is 3.73. The van der Waals surface area contributed by atoms with Crippen LogP contribution in [0.4, 0.5) is 0 Å². The second kappa shape index (κ2) is 3.73. The summed E-state index contributed by atoms with van der Waals surface area (Å²) in [6, 6.07) is 9.21. The molecule has 1 N–H and O–H groups in total. The summed E-state index contributed by atoms with van der Waals surface area (Å²) in [5, 5.41) is 9.20. The second-order valence-electron chi connectivity index (χ2n) is 3.73. The molecule has 2 aromatic rings. The van der Waals surface area contributed by atoms with Gasteiger partial charge in [-0.05, 0) is 49.2 Å². The third-order valence-corrected chi connectivity index (χ3v) is 2.36. The van der Waals surface area contributed by atoms with Crippen molar-refractivity contribution in [3.63, 3.8) is 0 Å². The van der Waals surface area contributed by atoms with Gasteiger partial charge in [0.05, 0.1) is 5.69 Å². The van der Waals surface area contributed by atoms with Crippen LogP contribution < -0.4 is 0 Å². The number of hydrogen-bond donors (Lipinski definition) is 1.